The Bertz CT molecular complexity index is 1670. The van der Waals surface area contributed by atoms with Gasteiger partial charge < -0.3 is 30.9 Å². The number of nitrogens with zero attached hydrogens (tertiary/aromatic N) is 6. The number of aromatic nitrogens is 5. The molecule has 0 aliphatic carbocycles. The number of imidazole rings is 1. The highest BCUT2D eigenvalue weighted by atomic mass is 35.5. The topological polar surface area (TPSA) is 156 Å². The summed E-state index contributed by atoms with van der Waals surface area (Å²) in [7, 11) is 0. The molecule has 226 valence electrons. The molecule has 0 saturated carbocycles. The molecule has 5 N–H and O–H groups in total. The number of carbonyl (C=O) groups is 2. The Morgan fingerprint density at radius 3 is 2.53 bits per heavy atom. The quantitative estimate of drug-likeness (QED) is 0.228. The lowest BCUT2D eigenvalue weighted by atomic mass is 10.1. The van der Waals surface area contributed by atoms with Crippen molar-refractivity contribution in [2.45, 2.75) is 18.3 Å². The van der Waals surface area contributed by atoms with Gasteiger partial charge in [0.1, 0.15) is 5.69 Å². The van der Waals surface area contributed by atoms with Gasteiger partial charge in [-0.1, -0.05) is 11.6 Å². The van der Waals surface area contributed by atoms with E-state index in [1.165, 1.54) is 23.0 Å². The summed E-state index contributed by atoms with van der Waals surface area (Å²) in [6.45, 7) is 2.21. The number of aliphatic hydroxyl groups excluding tert-OH is 1. The Hall–Kier alpha value is -4.41. The zero-order valence-corrected chi connectivity index (χ0v) is 23.2. The lowest BCUT2D eigenvalue weighted by Crippen LogP contribution is -2.56. The zero-order valence-electron chi connectivity index (χ0n) is 22.4. The van der Waals surface area contributed by atoms with Crippen LogP contribution in [-0.4, -0.2) is 103 Å². The third-order valence-electron chi connectivity index (χ3n) is 7.43. The Morgan fingerprint density at radius 1 is 1.07 bits per heavy atom. The van der Waals surface area contributed by atoms with Crippen LogP contribution in [-0.2, 0) is 6.18 Å². The molecule has 2 fully saturated rings. The first-order valence-corrected chi connectivity index (χ1v) is 13.7. The molecule has 17 heteroatoms. The average molecular weight is 619 g/mol. The lowest BCUT2D eigenvalue weighted by molar-refractivity contribution is -0.140. The monoisotopic (exact) mass is 618 g/mol. The number of amides is 3. The van der Waals surface area contributed by atoms with Crippen LogP contribution in [0.15, 0.2) is 43.0 Å². The highest BCUT2D eigenvalue weighted by Gasteiger charge is 2.37. The summed E-state index contributed by atoms with van der Waals surface area (Å²) in [5.74, 6) is -0.0259. The van der Waals surface area contributed by atoms with E-state index in [1.807, 2.05) is 5.10 Å². The van der Waals surface area contributed by atoms with Crippen molar-refractivity contribution in [3.05, 3.63) is 59.3 Å². The molecule has 6 rings (SSSR count). The number of β-amino-alcohol motifs (C(OH)–C–C–N with tert-alkyl or cyclic N) is 1. The summed E-state index contributed by atoms with van der Waals surface area (Å²) >= 11 is 6.50. The number of alkyl halides is 3. The molecular weight excluding hydrogens is 593 g/mol. The molecule has 2 saturated heterocycles. The minimum Gasteiger partial charge on any atom is -0.390 e. The summed E-state index contributed by atoms with van der Waals surface area (Å²) in [5, 5.41) is 24.5. The SMILES string of the molecule is O=C(N[C@H]1CNC[C@@H]1O)N1CCN(C(=O)c2ccc(Nc3nccn4c(-c5cn[nH]c5C(F)(F)F)cnc34)cc2Cl)CC1. The van der Waals surface area contributed by atoms with Gasteiger partial charge in [-0.2, -0.15) is 18.3 Å². The molecule has 2 aliphatic rings. The van der Waals surface area contributed by atoms with E-state index in [2.05, 4.69) is 31.0 Å². The number of H-pyrrole nitrogens is 1. The Kier molecular flexibility index (Phi) is 7.57. The van der Waals surface area contributed by atoms with Crippen LogP contribution in [0.2, 0.25) is 5.02 Å². The molecule has 3 aromatic heterocycles. The maximum atomic E-state index is 13.4. The van der Waals surface area contributed by atoms with Gasteiger partial charge >= 0.3 is 12.2 Å². The van der Waals surface area contributed by atoms with E-state index >= 15 is 0 Å². The molecule has 0 spiro atoms. The molecule has 1 aromatic carbocycles. The number of hydrogen-bond donors (Lipinski definition) is 5. The number of carbonyl (C=O) groups excluding carboxylic acids is 2. The number of rotatable bonds is 5. The van der Waals surface area contributed by atoms with Crippen molar-refractivity contribution < 1.29 is 27.9 Å². The predicted molar refractivity (Wildman–Crippen MR) is 149 cm³/mol. The number of hydrogen-bond acceptors (Lipinski definition) is 8. The minimum absolute atomic E-state index is 0.158. The van der Waals surface area contributed by atoms with Crippen molar-refractivity contribution >= 4 is 40.7 Å². The third-order valence-corrected chi connectivity index (χ3v) is 7.75. The minimum atomic E-state index is -4.63. The van der Waals surface area contributed by atoms with Gasteiger partial charge in [-0.25, -0.2) is 14.8 Å². The smallest absolute Gasteiger partial charge is 0.390 e. The number of halogens is 4. The van der Waals surface area contributed by atoms with Gasteiger partial charge in [0.05, 0.1) is 46.4 Å². The van der Waals surface area contributed by atoms with E-state index in [0.717, 1.165) is 6.20 Å². The van der Waals surface area contributed by atoms with Gasteiger partial charge in [-0.3, -0.25) is 14.3 Å². The zero-order chi connectivity index (χ0) is 30.3. The van der Waals surface area contributed by atoms with Crippen LogP contribution >= 0.6 is 11.6 Å². The number of piperazine rings is 1. The van der Waals surface area contributed by atoms with Crippen molar-refractivity contribution in [2.24, 2.45) is 0 Å². The molecule has 4 aromatic rings. The molecule has 2 atom stereocenters. The highest BCUT2D eigenvalue weighted by molar-refractivity contribution is 6.34. The molecule has 13 nitrogen and oxygen atoms in total. The van der Waals surface area contributed by atoms with Crippen LogP contribution in [0.5, 0.6) is 0 Å². The molecule has 0 bridgehead atoms. The first-order valence-electron chi connectivity index (χ1n) is 13.3. The predicted octanol–water partition coefficient (Wildman–Crippen LogP) is 2.34. The maximum Gasteiger partial charge on any atom is 0.433 e. The number of aromatic amines is 1. The number of benzene rings is 1. The van der Waals surface area contributed by atoms with Crippen LogP contribution < -0.4 is 16.0 Å². The Labute approximate surface area is 247 Å². The second-order valence-corrected chi connectivity index (χ2v) is 10.6. The van der Waals surface area contributed by atoms with E-state index < -0.39 is 18.0 Å². The second-order valence-electron chi connectivity index (χ2n) is 10.1. The van der Waals surface area contributed by atoms with Gasteiger partial charge in [0.15, 0.2) is 11.5 Å². The number of anilines is 2. The average Bonchev–Trinajstić information content (AvgIpc) is 3.73. The maximum absolute atomic E-state index is 13.4. The molecule has 0 unspecified atom stereocenters. The first kappa shape index (κ1) is 28.7. The van der Waals surface area contributed by atoms with Crippen molar-refractivity contribution in [3.8, 4) is 11.3 Å². The third kappa shape index (κ3) is 5.68. The molecular formula is C26H26ClF3N10O3. The van der Waals surface area contributed by atoms with Crippen molar-refractivity contribution in [3.63, 3.8) is 0 Å². The van der Waals surface area contributed by atoms with E-state index in [9.17, 15) is 27.9 Å². The summed E-state index contributed by atoms with van der Waals surface area (Å²) in [6.07, 6.45) is 0.0308. The fraction of sp³-hybridized carbons (Fsp3) is 0.346. The van der Waals surface area contributed by atoms with E-state index in [4.69, 9.17) is 11.6 Å². The van der Waals surface area contributed by atoms with Crippen LogP contribution in [0.25, 0.3) is 16.9 Å². The normalized spacial score (nSPS) is 19.2. The number of fused-ring (bicyclic) bond motifs is 1. The molecule has 0 radical (unpaired) electrons. The Morgan fingerprint density at radius 2 is 1.84 bits per heavy atom. The van der Waals surface area contributed by atoms with Crippen LogP contribution in [0.4, 0.5) is 29.5 Å². The summed E-state index contributed by atoms with van der Waals surface area (Å²) in [4.78, 5) is 37.5. The van der Waals surface area contributed by atoms with Crippen molar-refractivity contribution in [1.29, 1.82) is 0 Å². The molecule has 2 aliphatic heterocycles. The first-order chi connectivity index (χ1) is 20.6. The molecule has 5 heterocycles. The van der Waals surface area contributed by atoms with Gasteiger partial charge in [-0.15, -0.1) is 0 Å². The standard InChI is InChI=1S/C26H26ClF3N10O3/c27-17-9-14(35-22-23-33-12-19(40(23)4-3-32-22)16-10-34-37-21(16)26(28,29)30)1-2-15(17)24(42)38-5-7-39(8-6-38)25(43)36-18-11-31-13-20(18)41/h1-4,9-10,12,18,20,31,41H,5-8,11,13H2,(H,32,35)(H,34,37)(H,36,43)/t18-,20-/m0/s1. The molecule has 43 heavy (non-hydrogen) atoms. The van der Waals surface area contributed by atoms with Gasteiger partial charge in [0.25, 0.3) is 5.91 Å². The largest absolute Gasteiger partial charge is 0.433 e. The fourth-order valence-corrected chi connectivity index (χ4v) is 5.41. The summed E-state index contributed by atoms with van der Waals surface area (Å²) < 4.78 is 41.7. The van der Waals surface area contributed by atoms with Gasteiger partial charge in [0, 0.05) is 57.3 Å². The molecule has 3 amide bonds. The van der Waals surface area contributed by atoms with E-state index in [0.29, 0.717) is 45.0 Å². The Balaban J connectivity index is 1.12. The van der Waals surface area contributed by atoms with Gasteiger partial charge in [-0.05, 0) is 18.2 Å². The van der Waals surface area contributed by atoms with Crippen LogP contribution in [0, 0.1) is 0 Å². The fourth-order valence-electron chi connectivity index (χ4n) is 5.15. The summed E-state index contributed by atoms with van der Waals surface area (Å²) in [5.41, 5.74) is 0.0541. The van der Waals surface area contributed by atoms with Crippen molar-refractivity contribution in [2.75, 3.05) is 44.6 Å². The van der Waals surface area contributed by atoms with E-state index in [-0.39, 0.29) is 51.3 Å². The highest BCUT2D eigenvalue weighted by Crippen LogP contribution is 2.36. The number of urea groups is 1. The second kappa shape index (κ2) is 11.3. The number of aliphatic hydroxyl groups is 1. The van der Waals surface area contributed by atoms with Crippen molar-refractivity contribution in [1.82, 2.24) is 45.0 Å². The summed E-state index contributed by atoms with van der Waals surface area (Å²) in [6, 6.07) is 4.11. The van der Waals surface area contributed by atoms with Crippen LogP contribution in [0.1, 0.15) is 16.1 Å². The number of nitrogens with one attached hydrogen (secondary N) is 4. The van der Waals surface area contributed by atoms with E-state index in [1.54, 1.807) is 28.0 Å². The van der Waals surface area contributed by atoms with Gasteiger partial charge in [0.2, 0.25) is 0 Å². The van der Waals surface area contributed by atoms with Crippen LogP contribution in [0.3, 0.4) is 0 Å². The lowest BCUT2D eigenvalue weighted by Gasteiger charge is -2.35.